The Hall–Kier alpha value is -5.28. The number of Topliss-reactive ketones (excluding diaryl/α,β-unsaturated/α-hetero) is 1. The second kappa shape index (κ2) is 9.97. The Balaban J connectivity index is 1.44. The first-order valence-electron chi connectivity index (χ1n) is 13.3. The molecule has 1 aliphatic rings. The number of aromatic nitrogens is 3. The lowest BCUT2D eigenvalue weighted by atomic mass is 9.96. The van der Waals surface area contributed by atoms with Crippen LogP contribution in [0.2, 0.25) is 0 Å². The lowest BCUT2D eigenvalue weighted by Gasteiger charge is -2.23. The number of amides is 1. The molecule has 0 saturated carbocycles. The Morgan fingerprint density at radius 1 is 0.881 bits per heavy atom. The molecule has 0 spiro atoms. The number of thiazole rings is 1. The number of fused-ring (bicyclic) bond motifs is 2. The molecule has 1 aliphatic heterocycles. The van der Waals surface area contributed by atoms with Gasteiger partial charge in [-0.1, -0.05) is 53.8 Å². The summed E-state index contributed by atoms with van der Waals surface area (Å²) in [5, 5.41) is 12.2. The van der Waals surface area contributed by atoms with Gasteiger partial charge in [-0.2, -0.15) is 0 Å². The van der Waals surface area contributed by atoms with Crippen molar-refractivity contribution in [3.8, 4) is 11.5 Å². The zero-order valence-electron chi connectivity index (χ0n) is 22.7. The smallest absolute Gasteiger partial charge is 0.301 e. The molecule has 0 bridgehead atoms. The maximum Gasteiger partial charge on any atom is 0.301 e. The quantitative estimate of drug-likeness (QED) is 0.136. The molecule has 0 aliphatic carbocycles. The van der Waals surface area contributed by atoms with E-state index in [9.17, 15) is 14.7 Å². The summed E-state index contributed by atoms with van der Waals surface area (Å²) in [4.78, 5) is 38.3. The molecule has 4 heterocycles. The summed E-state index contributed by atoms with van der Waals surface area (Å²) in [6.45, 7) is 3.75. The number of hydrogen-bond acceptors (Lipinski definition) is 7. The van der Waals surface area contributed by atoms with Gasteiger partial charge < -0.3 is 9.84 Å². The van der Waals surface area contributed by atoms with Gasteiger partial charge in [-0.05, 0) is 73.5 Å². The van der Waals surface area contributed by atoms with Crippen molar-refractivity contribution in [1.29, 1.82) is 0 Å². The van der Waals surface area contributed by atoms with Crippen LogP contribution in [0.1, 0.15) is 28.6 Å². The van der Waals surface area contributed by atoms with Gasteiger partial charge in [0.2, 0.25) is 0 Å². The fourth-order valence-corrected chi connectivity index (χ4v) is 6.46. The summed E-state index contributed by atoms with van der Waals surface area (Å²) in [6, 6.07) is 26.9. The van der Waals surface area contributed by atoms with Crippen LogP contribution in [-0.4, -0.2) is 31.2 Å². The van der Waals surface area contributed by atoms with Gasteiger partial charge in [-0.3, -0.25) is 18.9 Å². The standard InChI is InChI=1S/C33H24N4O4S/c1-19-14-15-24-25(17-19)42-33(35-24)37-29(21-9-8-12-23(18-21)41-22-10-4-3-5-11-22)27(31(39)32(37)40)30(38)28-20(2)34-26-13-6-7-16-36(26)28/h3-18,29,38H,1-2H3/b30-27+. The van der Waals surface area contributed by atoms with Crippen LogP contribution in [0.5, 0.6) is 11.5 Å². The number of carbonyl (C=O) groups excluding carboxylic acids is 2. The number of aliphatic hydroxyl groups is 1. The maximum absolute atomic E-state index is 13.8. The summed E-state index contributed by atoms with van der Waals surface area (Å²) in [5.74, 6) is -0.698. The van der Waals surface area contributed by atoms with Gasteiger partial charge in [0.05, 0.1) is 27.5 Å². The van der Waals surface area contributed by atoms with Gasteiger partial charge in [-0.15, -0.1) is 0 Å². The zero-order valence-corrected chi connectivity index (χ0v) is 23.5. The molecule has 9 heteroatoms. The summed E-state index contributed by atoms with van der Waals surface area (Å²) in [6.07, 6.45) is 1.76. The number of aryl methyl sites for hydroxylation is 2. The molecular formula is C33H24N4O4S. The van der Waals surface area contributed by atoms with Crippen molar-refractivity contribution in [2.45, 2.75) is 19.9 Å². The molecule has 6 aromatic rings. The zero-order chi connectivity index (χ0) is 29.0. The Labute approximate surface area is 244 Å². The van der Waals surface area contributed by atoms with E-state index in [0.717, 1.165) is 15.8 Å². The number of pyridine rings is 1. The Bertz CT molecular complexity index is 2060. The molecular weight excluding hydrogens is 548 g/mol. The third-order valence-electron chi connectivity index (χ3n) is 7.26. The number of rotatable bonds is 5. The van der Waals surface area contributed by atoms with E-state index in [1.807, 2.05) is 79.7 Å². The van der Waals surface area contributed by atoms with Crippen molar-refractivity contribution >= 4 is 49.8 Å². The minimum atomic E-state index is -0.959. The number of ether oxygens (including phenoxy) is 1. The molecule has 1 saturated heterocycles. The number of aliphatic hydroxyl groups excluding tert-OH is 1. The highest BCUT2D eigenvalue weighted by Crippen LogP contribution is 2.45. The normalized spacial score (nSPS) is 16.5. The van der Waals surface area contributed by atoms with Crippen LogP contribution < -0.4 is 9.64 Å². The first-order chi connectivity index (χ1) is 20.4. The number of nitrogens with zero attached hydrogens (tertiary/aromatic N) is 4. The van der Waals surface area contributed by atoms with Crippen molar-refractivity contribution < 1.29 is 19.4 Å². The lowest BCUT2D eigenvalue weighted by Crippen LogP contribution is -2.29. The molecule has 42 heavy (non-hydrogen) atoms. The number of hydrogen-bond donors (Lipinski definition) is 1. The molecule has 3 aromatic carbocycles. The minimum Gasteiger partial charge on any atom is -0.505 e. The summed E-state index contributed by atoms with van der Waals surface area (Å²) < 4.78 is 8.69. The van der Waals surface area contributed by atoms with E-state index in [2.05, 4.69) is 4.98 Å². The van der Waals surface area contributed by atoms with Gasteiger partial charge >= 0.3 is 5.91 Å². The predicted molar refractivity (Wildman–Crippen MR) is 162 cm³/mol. The fourth-order valence-electron chi connectivity index (χ4n) is 5.37. The highest BCUT2D eigenvalue weighted by molar-refractivity contribution is 7.22. The van der Waals surface area contributed by atoms with Crippen molar-refractivity contribution in [2.24, 2.45) is 0 Å². The van der Waals surface area contributed by atoms with Gasteiger partial charge in [0.15, 0.2) is 10.9 Å². The Kier molecular flexibility index (Phi) is 6.09. The number of ketones is 1. The molecule has 0 radical (unpaired) electrons. The van der Waals surface area contributed by atoms with E-state index in [0.29, 0.717) is 39.2 Å². The molecule has 1 amide bonds. The van der Waals surface area contributed by atoms with Crippen LogP contribution >= 0.6 is 11.3 Å². The highest BCUT2D eigenvalue weighted by atomic mass is 32.1. The maximum atomic E-state index is 13.8. The second-order valence-corrected chi connectivity index (χ2v) is 11.1. The topological polar surface area (TPSA) is 97.0 Å². The van der Waals surface area contributed by atoms with Gasteiger partial charge in [0, 0.05) is 6.20 Å². The van der Waals surface area contributed by atoms with Gasteiger partial charge in [-0.25, -0.2) is 9.97 Å². The van der Waals surface area contributed by atoms with Gasteiger partial charge in [0.25, 0.3) is 5.78 Å². The molecule has 1 N–H and O–H groups in total. The largest absolute Gasteiger partial charge is 0.505 e. The molecule has 206 valence electrons. The average molecular weight is 573 g/mol. The van der Waals surface area contributed by atoms with E-state index < -0.39 is 17.7 Å². The second-order valence-electron chi connectivity index (χ2n) is 10.1. The SMILES string of the molecule is Cc1ccc2nc(N3C(=O)C(=O)/C(=C(/O)c4c(C)nc5ccccn45)C3c3cccc(Oc4ccccc4)c3)sc2c1. The van der Waals surface area contributed by atoms with Crippen molar-refractivity contribution in [1.82, 2.24) is 14.4 Å². The minimum absolute atomic E-state index is 0.0407. The Morgan fingerprint density at radius 3 is 2.50 bits per heavy atom. The van der Waals surface area contributed by atoms with E-state index in [1.165, 1.54) is 16.2 Å². The third kappa shape index (κ3) is 4.22. The lowest BCUT2D eigenvalue weighted by molar-refractivity contribution is -0.132. The van der Waals surface area contributed by atoms with E-state index >= 15 is 0 Å². The monoisotopic (exact) mass is 572 g/mol. The molecule has 7 rings (SSSR count). The van der Waals surface area contributed by atoms with Crippen LogP contribution in [0.3, 0.4) is 0 Å². The van der Waals surface area contributed by atoms with Crippen LogP contribution in [0.4, 0.5) is 5.13 Å². The molecule has 1 fully saturated rings. The molecule has 8 nitrogen and oxygen atoms in total. The van der Waals surface area contributed by atoms with Crippen LogP contribution in [0.25, 0.3) is 21.6 Å². The van der Waals surface area contributed by atoms with Crippen molar-refractivity contribution in [3.05, 3.63) is 125 Å². The van der Waals surface area contributed by atoms with Crippen LogP contribution in [-0.2, 0) is 9.59 Å². The highest BCUT2D eigenvalue weighted by Gasteiger charge is 2.48. The first-order valence-corrected chi connectivity index (χ1v) is 14.2. The van der Waals surface area contributed by atoms with Crippen molar-refractivity contribution in [2.75, 3.05) is 4.90 Å². The summed E-state index contributed by atoms with van der Waals surface area (Å²) in [5.41, 5.74) is 3.82. The summed E-state index contributed by atoms with van der Waals surface area (Å²) in [7, 11) is 0. The number of benzene rings is 3. The van der Waals surface area contributed by atoms with E-state index in [-0.39, 0.29) is 11.3 Å². The fraction of sp³-hybridized carbons (Fsp3) is 0.0909. The number of anilines is 1. The predicted octanol–water partition coefficient (Wildman–Crippen LogP) is 6.98. The van der Waals surface area contributed by atoms with E-state index in [1.54, 1.807) is 35.7 Å². The van der Waals surface area contributed by atoms with Gasteiger partial charge in [0.1, 0.15) is 22.8 Å². The van der Waals surface area contributed by atoms with Crippen LogP contribution in [0.15, 0.2) is 103 Å². The van der Waals surface area contributed by atoms with E-state index in [4.69, 9.17) is 9.72 Å². The molecule has 3 aromatic heterocycles. The number of para-hydroxylation sites is 1. The summed E-state index contributed by atoms with van der Waals surface area (Å²) >= 11 is 1.33. The third-order valence-corrected chi connectivity index (χ3v) is 8.28. The molecule has 1 unspecified atom stereocenters. The number of imidazole rings is 1. The average Bonchev–Trinajstić information content (AvgIpc) is 3.63. The van der Waals surface area contributed by atoms with Crippen LogP contribution in [0, 0.1) is 13.8 Å². The number of carbonyl (C=O) groups is 2. The molecule has 1 atom stereocenters. The van der Waals surface area contributed by atoms with Crippen molar-refractivity contribution in [3.63, 3.8) is 0 Å². The first kappa shape index (κ1) is 25.7. The Morgan fingerprint density at radius 2 is 1.67 bits per heavy atom.